The summed E-state index contributed by atoms with van der Waals surface area (Å²) in [5.41, 5.74) is 7.48. The molecule has 0 saturated heterocycles. The van der Waals surface area contributed by atoms with Crippen molar-refractivity contribution in [1.82, 2.24) is 14.4 Å². The van der Waals surface area contributed by atoms with Crippen LogP contribution in [0.15, 0.2) is 60.8 Å². The van der Waals surface area contributed by atoms with Gasteiger partial charge in [0.05, 0.1) is 24.7 Å². The van der Waals surface area contributed by atoms with E-state index in [0.29, 0.717) is 17.7 Å². The van der Waals surface area contributed by atoms with Crippen molar-refractivity contribution in [2.75, 3.05) is 7.11 Å². The van der Waals surface area contributed by atoms with Gasteiger partial charge in [0.15, 0.2) is 0 Å². The van der Waals surface area contributed by atoms with E-state index < -0.39 is 0 Å². The molecule has 0 saturated carbocycles. The van der Waals surface area contributed by atoms with Gasteiger partial charge in [-0.15, -0.1) is 0 Å². The van der Waals surface area contributed by atoms with Crippen molar-refractivity contribution in [3.63, 3.8) is 0 Å². The molecular formula is C26H29N3O. The monoisotopic (exact) mass is 399 g/mol. The van der Waals surface area contributed by atoms with Gasteiger partial charge in [0.1, 0.15) is 0 Å². The second kappa shape index (κ2) is 8.31. The Hall–Kier alpha value is -3.14. The zero-order valence-electron chi connectivity index (χ0n) is 18.4. The Kier molecular flexibility index (Phi) is 5.58. The zero-order chi connectivity index (χ0) is 21.3. The lowest BCUT2D eigenvalue weighted by Crippen LogP contribution is -2.06. The fourth-order valence-corrected chi connectivity index (χ4v) is 3.89. The molecule has 0 bridgehead atoms. The first-order valence-corrected chi connectivity index (χ1v) is 10.6. The number of hydrogen-bond donors (Lipinski definition) is 0. The van der Waals surface area contributed by atoms with Crippen LogP contribution in [-0.2, 0) is 6.42 Å². The molecule has 4 heteroatoms. The van der Waals surface area contributed by atoms with Gasteiger partial charge in [-0.05, 0) is 23.8 Å². The number of hydrogen-bond acceptors (Lipinski definition) is 3. The summed E-state index contributed by atoms with van der Waals surface area (Å²) in [6.07, 6.45) is 2.83. The summed E-state index contributed by atoms with van der Waals surface area (Å²) in [6, 6.07) is 19.2. The van der Waals surface area contributed by atoms with Crippen molar-refractivity contribution in [2.45, 2.75) is 40.0 Å². The average molecular weight is 400 g/mol. The normalized spacial score (nSPS) is 11.6. The Balaban J connectivity index is 2.04. The average Bonchev–Trinajstić information content (AvgIpc) is 3.15. The van der Waals surface area contributed by atoms with Crippen molar-refractivity contribution in [2.24, 2.45) is 5.92 Å². The first kappa shape index (κ1) is 20.1. The molecule has 2 aromatic carbocycles. The molecule has 30 heavy (non-hydrogen) atoms. The smallest absolute Gasteiger partial charge is 0.258 e. The summed E-state index contributed by atoms with van der Waals surface area (Å²) < 4.78 is 7.81. The van der Waals surface area contributed by atoms with Crippen molar-refractivity contribution >= 4 is 5.65 Å². The highest BCUT2D eigenvalue weighted by atomic mass is 16.5. The van der Waals surface area contributed by atoms with Gasteiger partial charge in [0, 0.05) is 16.8 Å². The zero-order valence-corrected chi connectivity index (χ0v) is 18.4. The van der Waals surface area contributed by atoms with Crippen LogP contribution in [0, 0.1) is 5.92 Å². The van der Waals surface area contributed by atoms with Crippen molar-refractivity contribution < 1.29 is 4.74 Å². The molecule has 4 nitrogen and oxygen atoms in total. The summed E-state index contributed by atoms with van der Waals surface area (Å²) in [5, 5.41) is 0. The molecule has 154 valence electrons. The Morgan fingerprint density at radius 2 is 1.60 bits per heavy atom. The minimum absolute atomic E-state index is 0.496. The lowest BCUT2D eigenvalue weighted by Gasteiger charge is -2.13. The van der Waals surface area contributed by atoms with Crippen LogP contribution in [-0.4, -0.2) is 21.5 Å². The van der Waals surface area contributed by atoms with Gasteiger partial charge >= 0.3 is 0 Å². The molecule has 0 aliphatic rings. The van der Waals surface area contributed by atoms with E-state index >= 15 is 0 Å². The molecule has 0 unspecified atom stereocenters. The summed E-state index contributed by atoms with van der Waals surface area (Å²) in [7, 11) is 1.65. The molecule has 0 aliphatic carbocycles. The van der Waals surface area contributed by atoms with Gasteiger partial charge in [-0.1, -0.05) is 82.3 Å². The van der Waals surface area contributed by atoms with Gasteiger partial charge in [0.2, 0.25) is 5.65 Å². The third-order valence-corrected chi connectivity index (χ3v) is 5.40. The third kappa shape index (κ3) is 3.70. The molecule has 4 rings (SSSR count). The maximum Gasteiger partial charge on any atom is 0.258 e. The van der Waals surface area contributed by atoms with Crippen molar-refractivity contribution in [1.29, 1.82) is 0 Å². The number of methoxy groups -OCH3 is 1. The van der Waals surface area contributed by atoms with Crippen molar-refractivity contribution in [3.05, 3.63) is 72.1 Å². The van der Waals surface area contributed by atoms with Crippen LogP contribution in [0.3, 0.4) is 0 Å². The van der Waals surface area contributed by atoms with Crippen LogP contribution in [0.5, 0.6) is 5.88 Å². The van der Waals surface area contributed by atoms with E-state index in [1.807, 2.05) is 12.3 Å². The van der Waals surface area contributed by atoms with Gasteiger partial charge in [-0.25, -0.2) is 9.97 Å². The summed E-state index contributed by atoms with van der Waals surface area (Å²) in [6.45, 7) is 8.87. The molecule has 0 spiro atoms. The number of nitrogens with zero attached hydrogens (tertiary/aromatic N) is 3. The van der Waals surface area contributed by atoms with Crippen LogP contribution in [0.2, 0.25) is 0 Å². The van der Waals surface area contributed by atoms with Crippen LogP contribution < -0.4 is 4.74 Å². The van der Waals surface area contributed by atoms with Gasteiger partial charge in [-0.3, -0.25) is 4.40 Å². The van der Waals surface area contributed by atoms with Crippen LogP contribution in [0.1, 0.15) is 44.9 Å². The number of rotatable bonds is 6. The lowest BCUT2D eigenvalue weighted by molar-refractivity contribution is 0.399. The third-order valence-electron chi connectivity index (χ3n) is 5.40. The van der Waals surface area contributed by atoms with E-state index in [2.05, 4.69) is 85.6 Å². The topological polar surface area (TPSA) is 39.4 Å². The molecule has 0 amide bonds. The Bertz CT molecular complexity index is 1140. The van der Waals surface area contributed by atoms with E-state index in [4.69, 9.17) is 9.72 Å². The minimum atomic E-state index is 0.496. The van der Waals surface area contributed by atoms with Gasteiger partial charge in [0.25, 0.3) is 5.88 Å². The SMILES string of the molecule is COc1ncc(CC(C)C)n2c(-c3ccccc3)c(-c3ccc(C(C)C)cc3)nc12. The fraction of sp³-hybridized carbons (Fsp3) is 0.308. The van der Waals surface area contributed by atoms with Crippen LogP contribution in [0.25, 0.3) is 28.2 Å². The van der Waals surface area contributed by atoms with E-state index in [1.54, 1.807) is 7.11 Å². The van der Waals surface area contributed by atoms with E-state index in [1.165, 1.54) is 5.56 Å². The molecule has 0 N–H and O–H groups in total. The lowest BCUT2D eigenvalue weighted by atomic mass is 9.99. The number of benzene rings is 2. The van der Waals surface area contributed by atoms with Crippen molar-refractivity contribution in [3.8, 4) is 28.4 Å². The molecule has 4 aromatic rings. The maximum absolute atomic E-state index is 5.58. The molecular weight excluding hydrogens is 370 g/mol. The Morgan fingerprint density at radius 1 is 0.900 bits per heavy atom. The second-order valence-electron chi connectivity index (χ2n) is 8.47. The number of fused-ring (bicyclic) bond motifs is 1. The molecule has 2 aromatic heterocycles. The maximum atomic E-state index is 5.58. The highest BCUT2D eigenvalue weighted by Gasteiger charge is 2.22. The Morgan fingerprint density at radius 3 is 2.20 bits per heavy atom. The summed E-state index contributed by atoms with van der Waals surface area (Å²) >= 11 is 0. The van der Waals surface area contributed by atoms with Gasteiger partial charge < -0.3 is 4.74 Å². The fourth-order valence-electron chi connectivity index (χ4n) is 3.89. The molecule has 0 atom stereocenters. The number of imidazole rings is 1. The van der Waals surface area contributed by atoms with Gasteiger partial charge in [-0.2, -0.15) is 0 Å². The second-order valence-corrected chi connectivity index (χ2v) is 8.47. The van der Waals surface area contributed by atoms with E-state index in [9.17, 15) is 0 Å². The summed E-state index contributed by atoms with van der Waals surface area (Å²) in [5.74, 6) is 1.54. The quantitative estimate of drug-likeness (QED) is 0.377. The molecule has 2 heterocycles. The van der Waals surface area contributed by atoms with E-state index in [0.717, 1.165) is 40.3 Å². The molecule has 0 fully saturated rings. The number of ether oxygens (including phenoxy) is 1. The Labute approximate surface area is 178 Å². The largest absolute Gasteiger partial charge is 0.478 e. The first-order chi connectivity index (χ1) is 14.5. The predicted octanol–water partition coefficient (Wildman–Crippen LogP) is 6.39. The van der Waals surface area contributed by atoms with Crippen LogP contribution >= 0.6 is 0 Å². The molecule has 0 radical (unpaired) electrons. The predicted molar refractivity (Wildman–Crippen MR) is 123 cm³/mol. The minimum Gasteiger partial charge on any atom is -0.478 e. The first-order valence-electron chi connectivity index (χ1n) is 10.6. The standard InChI is InChI=1S/C26H29N3O/c1-17(2)15-22-16-27-26(30-5)25-28-23(20-13-11-19(12-14-20)18(3)4)24(29(22)25)21-9-7-6-8-10-21/h6-14,16-18H,15H2,1-5H3. The highest BCUT2D eigenvalue weighted by molar-refractivity contribution is 5.83. The molecule has 0 aliphatic heterocycles. The summed E-state index contributed by atoms with van der Waals surface area (Å²) in [4.78, 5) is 9.60. The van der Waals surface area contributed by atoms with E-state index in [-0.39, 0.29) is 0 Å². The number of aromatic nitrogens is 3. The van der Waals surface area contributed by atoms with Crippen LogP contribution in [0.4, 0.5) is 0 Å². The highest BCUT2D eigenvalue weighted by Crippen LogP contribution is 2.36.